The van der Waals surface area contributed by atoms with Gasteiger partial charge in [-0.15, -0.1) is 0 Å². The number of rotatable bonds is 4. The van der Waals surface area contributed by atoms with Gasteiger partial charge in [-0.3, -0.25) is 4.79 Å². The number of hydrogen-bond acceptors (Lipinski definition) is 2. The van der Waals surface area contributed by atoms with Gasteiger partial charge in [0.2, 0.25) is 0 Å². The van der Waals surface area contributed by atoms with Crippen LogP contribution in [0, 0.1) is 3.57 Å². The second-order valence-electron chi connectivity index (χ2n) is 4.05. The summed E-state index contributed by atoms with van der Waals surface area (Å²) in [7, 11) is 0. The van der Waals surface area contributed by atoms with Crippen LogP contribution in [0.25, 0.3) is 0 Å². The fraction of sp³-hybridized carbons (Fsp3) is 0.333. The number of amides is 2. The molecule has 1 aromatic rings. The molecule has 18 heavy (non-hydrogen) atoms. The van der Waals surface area contributed by atoms with Gasteiger partial charge < -0.3 is 15.3 Å². The van der Waals surface area contributed by atoms with Gasteiger partial charge in [0.1, 0.15) is 6.54 Å². The molecular weight excluding hydrogens is 347 g/mol. The number of aliphatic carboxylic acids is 1. The summed E-state index contributed by atoms with van der Waals surface area (Å²) < 4.78 is 1.07. The highest BCUT2D eigenvalue weighted by Crippen LogP contribution is 2.12. The van der Waals surface area contributed by atoms with Crippen molar-refractivity contribution in [2.45, 2.75) is 19.9 Å². The van der Waals surface area contributed by atoms with Crippen molar-refractivity contribution in [2.75, 3.05) is 11.9 Å². The van der Waals surface area contributed by atoms with Crippen LogP contribution in [-0.4, -0.2) is 34.6 Å². The van der Waals surface area contributed by atoms with Crippen LogP contribution >= 0.6 is 22.6 Å². The van der Waals surface area contributed by atoms with Crippen molar-refractivity contribution < 1.29 is 14.7 Å². The summed E-state index contributed by atoms with van der Waals surface area (Å²) in [4.78, 5) is 23.9. The average Bonchev–Trinajstić information content (AvgIpc) is 2.28. The Hall–Kier alpha value is -1.31. The molecule has 1 aromatic carbocycles. The van der Waals surface area contributed by atoms with Gasteiger partial charge in [-0.2, -0.15) is 0 Å². The van der Waals surface area contributed by atoms with Crippen molar-refractivity contribution in [3.05, 3.63) is 27.8 Å². The molecule has 1 rings (SSSR count). The first-order valence-corrected chi connectivity index (χ1v) is 6.53. The van der Waals surface area contributed by atoms with Gasteiger partial charge in [0.25, 0.3) is 0 Å². The Morgan fingerprint density at radius 2 is 1.89 bits per heavy atom. The molecule has 2 N–H and O–H groups in total. The molecule has 0 atom stereocenters. The number of carbonyl (C=O) groups excluding carboxylic acids is 1. The van der Waals surface area contributed by atoms with Crippen molar-refractivity contribution in [3.8, 4) is 0 Å². The Balaban J connectivity index is 2.72. The zero-order chi connectivity index (χ0) is 13.7. The van der Waals surface area contributed by atoms with Crippen LogP contribution in [0.5, 0.6) is 0 Å². The van der Waals surface area contributed by atoms with Gasteiger partial charge in [-0.1, -0.05) is 0 Å². The second kappa shape index (κ2) is 6.58. The summed E-state index contributed by atoms with van der Waals surface area (Å²) in [6, 6.07) is 6.71. The summed E-state index contributed by atoms with van der Waals surface area (Å²) in [5.74, 6) is -1.03. The molecule has 0 saturated heterocycles. The second-order valence-corrected chi connectivity index (χ2v) is 5.30. The van der Waals surface area contributed by atoms with Crippen molar-refractivity contribution in [1.82, 2.24) is 4.90 Å². The van der Waals surface area contributed by atoms with E-state index in [1.165, 1.54) is 4.90 Å². The molecule has 0 aromatic heterocycles. The normalized spacial score (nSPS) is 10.2. The summed E-state index contributed by atoms with van der Waals surface area (Å²) in [6.45, 7) is 3.24. The quantitative estimate of drug-likeness (QED) is 0.809. The van der Waals surface area contributed by atoms with Crippen LogP contribution in [-0.2, 0) is 4.79 Å². The number of hydrogen-bond donors (Lipinski definition) is 2. The molecule has 0 heterocycles. The third-order valence-corrected chi connectivity index (χ3v) is 3.00. The van der Waals surface area contributed by atoms with Crippen LogP contribution in [0.1, 0.15) is 13.8 Å². The summed E-state index contributed by atoms with van der Waals surface area (Å²) in [5.41, 5.74) is 0.649. The van der Waals surface area contributed by atoms with E-state index in [1.807, 2.05) is 12.1 Å². The lowest BCUT2D eigenvalue weighted by Crippen LogP contribution is -2.43. The molecular formula is C12H15IN2O3. The van der Waals surface area contributed by atoms with Gasteiger partial charge >= 0.3 is 12.0 Å². The Morgan fingerprint density at radius 1 is 1.33 bits per heavy atom. The molecule has 6 heteroatoms. The van der Waals surface area contributed by atoms with E-state index in [9.17, 15) is 9.59 Å². The monoisotopic (exact) mass is 362 g/mol. The smallest absolute Gasteiger partial charge is 0.323 e. The van der Waals surface area contributed by atoms with E-state index in [4.69, 9.17) is 5.11 Å². The van der Waals surface area contributed by atoms with Crippen LogP contribution in [0.2, 0.25) is 0 Å². The molecule has 0 spiro atoms. The van der Waals surface area contributed by atoms with Gasteiger partial charge in [0, 0.05) is 15.3 Å². The summed E-state index contributed by atoms with van der Waals surface area (Å²) >= 11 is 2.17. The van der Waals surface area contributed by atoms with Crippen molar-refractivity contribution in [3.63, 3.8) is 0 Å². The van der Waals surface area contributed by atoms with E-state index >= 15 is 0 Å². The zero-order valence-electron chi connectivity index (χ0n) is 10.2. The minimum absolute atomic E-state index is 0.176. The number of carboxylic acids is 1. The minimum atomic E-state index is -1.03. The van der Waals surface area contributed by atoms with Crippen molar-refractivity contribution in [1.29, 1.82) is 0 Å². The number of halogens is 1. The molecule has 0 aliphatic heterocycles. The number of carboxylic acid groups (broad SMARTS) is 1. The molecule has 0 fully saturated rings. The Kier molecular flexibility index (Phi) is 5.39. The standard InChI is InChI=1S/C12H15IN2O3/c1-8(2)15(7-11(16)17)12(18)14-10-5-3-9(13)4-6-10/h3-6,8H,7H2,1-2H3,(H,14,18)(H,16,17). The molecule has 0 bridgehead atoms. The fourth-order valence-corrected chi connectivity index (χ4v) is 1.72. The van der Waals surface area contributed by atoms with Crippen LogP contribution < -0.4 is 5.32 Å². The van der Waals surface area contributed by atoms with E-state index < -0.39 is 12.0 Å². The molecule has 0 saturated carbocycles. The molecule has 98 valence electrons. The number of nitrogens with zero attached hydrogens (tertiary/aromatic N) is 1. The molecule has 5 nitrogen and oxygen atoms in total. The lowest BCUT2D eigenvalue weighted by molar-refractivity contribution is -0.137. The topological polar surface area (TPSA) is 69.6 Å². The Bertz CT molecular complexity index is 431. The predicted octanol–water partition coefficient (Wildman–Crippen LogP) is 2.62. The molecule has 2 amide bonds. The van der Waals surface area contributed by atoms with Gasteiger partial charge in [0.15, 0.2) is 0 Å². The highest BCUT2D eigenvalue weighted by atomic mass is 127. The number of benzene rings is 1. The third-order valence-electron chi connectivity index (χ3n) is 2.29. The van der Waals surface area contributed by atoms with Crippen LogP contribution in [0.4, 0.5) is 10.5 Å². The molecule has 0 aliphatic rings. The largest absolute Gasteiger partial charge is 0.480 e. The number of nitrogens with one attached hydrogen (secondary N) is 1. The Morgan fingerprint density at radius 3 is 2.33 bits per heavy atom. The first-order chi connectivity index (χ1) is 8.40. The van der Waals surface area contributed by atoms with Crippen LogP contribution in [0.15, 0.2) is 24.3 Å². The highest BCUT2D eigenvalue weighted by molar-refractivity contribution is 14.1. The number of anilines is 1. The number of urea groups is 1. The van der Waals surface area contributed by atoms with E-state index in [1.54, 1.807) is 26.0 Å². The summed E-state index contributed by atoms with van der Waals surface area (Å²) in [5, 5.41) is 11.4. The molecule has 0 unspecified atom stereocenters. The van der Waals surface area contributed by atoms with E-state index in [-0.39, 0.29) is 12.6 Å². The van der Waals surface area contributed by atoms with Gasteiger partial charge in [-0.25, -0.2) is 4.79 Å². The number of carbonyl (C=O) groups is 2. The van der Waals surface area contributed by atoms with Gasteiger partial charge in [-0.05, 0) is 60.7 Å². The molecule has 0 aliphatic carbocycles. The average molecular weight is 362 g/mol. The maximum atomic E-state index is 11.9. The van der Waals surface area contributed by atoms with Crippen molar-refractivity contribution >= 4 is 40.3 Å². The molecule has 0 radical (unpaired) electrons. The Labute approximate surface area is 119 Å². The van der Waals surface area contributed by atoms with E-state index in [0.29, 0.717) is 5.69 Å². The lowest BCUT2D eigenvalue weighted by atomic mass is 10.3. The minimum Gasteiger partial charge on any atom is -0.480 e. The highest BCUT2D eigenvalue weighted by Gasteiger charge is 2.19. The van der Waals surface area contributed by atoms with Gasteiger partial charge in [0.05, 0.1) is 0 Å². The SMILES string of the molecule is CC(C)N(CC(=O)O)C(=O)Nc1ccc(I)cc1. The van der Waals surface area contributed by atoms with Crippen LogP contribution in [0.3, 0.4) is 0 Å². The maximum absolute atomic E-state index is 11.9. The summed E-state index contributed by atoms with van der Waals surface area (Å²) in [6.07, 6.45) is 0. The zero-order valence-corrected chi connectivity index (χ0v) is 12.3. The van der Waals surface area contributed by atoms with E-state index in [0.717, 1.165) is 3.57 Å². The predicted molar refractivity (Wildman–Crippen MR) is 77.7 cm³/mol. The fourth-order valence-electron chi connectivity index (χ4n) is 1.36. The first kappa shape index (κ1) is 14.7. The lowest BCUT2D eigenvalue weighted by Gasteiger charge is -2.25. The maximum Gasteiger partial charge on any atom is 0.323 e. The third kappa shape index (κ3) is 4.52. The van der Waals surface area contributed by atoms with Crippen molar-refractivity contribution in [2.24, 2.45) is 0 Å². The van der Waals surface area contributed by atoms with E-state index in [2.05, 4.69) is 27.9 Å². The first-order valence-electron chi connectivity index (χ1n) is 5.45.